The van der Waals surface area contributed by atoms with Crippen LogP contribution in [-0.4, -0.2) is 16.5 Å². The number of carbonyl (C=O) groups excluding carboxylic acids is 1. The van der Waals surface area contributed by atoms with E-state index in [4.69, 9.17) is 0 Å². The van der Waals surface area contributed by atoms with E-state index in [1.807, 2.05) is 18.2 Å². The Morgan fingerprint density at radius 3 is 2.61 bits per heavy atom. The van der Waals surface area contributed by atoms with E-state index in [2.05, 4.69) is 5.32 Å². The lowest BCUT2D eigenvalue weighted by atomic mass is 10.1. The Balaban J connectivity index is 2.18. The standard InChI is InChI=1S/C14H14N2O2/c1-16-8-12(13(17)15-9-6-7-9)10-4-2-3-5-11(10)14(16)18/h2-5,8-9H,6-7H2,1H3,(H,15,17). The molecule has 4 heteroatoms. The average molecular weight is 242 g/mol. The molecule has 1 N–H and O–H groups in total. The molecule has 18 heavy (non-hydrogen) atoms. The van der Waals surface area contributed by atoms with Crippen molar-refractivity contribution in [2.75, 3.05) is 0 Å². The summed E-state index contributed by atoms with van der Waals surface area (Å²) in [4.78, 5) is 24.1. The van der Waals surface area contributed by atoms with Crippen LogP contribution >= 0.6 is 0 Å². The Kier molecular flexibility index (Phi) is 2.44. The molecule has 92 valence electrons. The van der Waals surface area contributed by atoms with Crippen LogP contribution in [0.15, 0.2) is 35.3 Å². The topological polar surface area (TPSA) is 51.1 Å². The highest BCUT2D eigenvalue weighted by atomic mass is 16.2. The molecule has 0 bridgehead atoms. The van der Waals surface area contributed by atoms with Crippen molar-refractivity contribution >= 4 is 16.7 Å². The molecule has 3 rings (SSSR count). The fourth-order valence-corrected chi connectivity index (χ4v) is 2.09. The van der Waals surface area contributed by atoms with Gasteiger partial charge >= 0.3 is 0 Å². The van der Waals surface area contributed by atoms with Crippen molar-refractivity contribution in [3.05, 3.63) is 46.4 Å². The van der Waals surface area contributed by atoms with Gasteiger partial charge in [0.15, 0.2) is 0 Å². The van der Waals surface area contributed by atoms with Gasteiger partial charge in [0, 0.05) is 30.1 Å². The quantitative estimate of drug-likeness (QED) is 0.866. The Morgan fingerprint density at radius 2 is 1.94 bits per heavy atom. The number of nitrogens with one attached hydrogen (secondary N) is 1. The molecule has 1 heterocycles. The number of pyridine rings is 1. The third-order valence-corrected chi connectivity index (χ3v) is 3.25. The second-order valence-corrected chi connectivity index (χ2v) is 4.75. The number of nitrogens with zero attached hydrogens (tertiary/aromatic N) is 1. The van der Waals surface area contributed by atoms with Crippen LogP contribution in [0.5, 0.6) is 0 Å². The number of fused-ring (bicyclic) bond motifs is 1. The molecule has 1 aromatic heterocycles. The second kappa shape index (κ2) is 3.98. The van der Waals surface area contributed by atoms with E-state index in [0.717, 1.165) is 18.2 Å². The molecule has 1 aliphatic carbocycles. The van der Waals surface area contributed by atoms with E-state index in [0.29, 0.717) is 17.0 Å². The van der Waals surface area contributed by atoms with E-state index >= 15 is 0 Å². The summed E-state index contributed by atoms with van der Waals surface area (Å²) in [5, 5.41) is 4.26. The van der Waals surface area contributed by atoms with Gasteiger partial charge in [0.1, 0.15) is 0 Å². The smallest absolute Gasteiger partial charge is 0.258 e. The predicted octanol–water partition coefficient (Wildman–Crippen LogP) is 1.43. The maximum absolute atomic E-state index is 12.1. The molecule has 1 saturated carbocycles. The molecule has 1 aliphatic rings. The van der Waals surface area contributed by atoms with Crippen molar-refractivity contribution in [2.45, 2.75) is 18.9 Å². The maximum Gasteiger partial charge on any atom is 0.258 e. The Hall–Kier alpha value is -2.10. The Morgan fingerprint density at radius 1 is 1.28 bits per heavy atom. The molecule has 2 aromatic rings. The molecule has 0 unspecified atom stereocenters. The first-order chi connectivity index (χ1) is 8.66. The molecule has 0 spiro atoms. The zero-order valence-corrected chi connectivity index (χ0v) is 10.1. The van der Waals surface area contributed by atoms with Gasteiger partial charge in [-0.3, -0.25) is 9.59 Å². The van der Waals surface area contributed by atoms with E-state index in [1.54, 1.807) is 19.3 Å². The number of rotatable bonds is 2. The molecule has 0 atom stereocenters. The first-order valence-corrected chi connectivity index (χ1v) is 6.06. The lowest BCUT2D eigenvalue weighted by molar-refractivity contribution is 0.0952. The summed E-state index contributed by atoms with van der Waals surface area (Å²) in [6.45, 7) is 0. The first-order valence-electron chi connectivity index (χ1n) is 6.06. The van der Waals surface area contributed by atoms with Crippen LogP contribution in [0.3, 0.4) is 0 Å². The number of carbonyl (C=O) groups is 1. The van der Waals surface area contributed by atoms with Gasteiger partial charge in [0.2, 0.25) is 0 Å². The van der Waals surface area contributed by atoms with Crippen molar-refractivity contribution in [2.24, 2.45) is 7.05 Å². The predicted molar refractivity (Wildman–Crippen MR) is 69.7 cm³/mol. The van der Waals surface area contributed by atoms with Crippen molar-refractivity contribution in [1.29, 1.82) is 0 Å². The molecule has 4 nitrogen and oxygen atoms in total. The monoisotopic (exact) mass is 242 g/mol. The van der Waals surface area contributed by atoms with Gasteiger partial charge in [-0.2, -0.15) is 0 Å². The summed E-state index contributed by atoms with van der Waals surface area (Å²) in [6, 6.07) is 7.54. The molecule has 0 aliphatic heterocycles. The number of aromatic nitrogens is 1. The Bertz CT molecular complexity index is 684. The molecular formula is C14H14N2O2. The second-order valence-electron chi connectivity index (χ2n) is 4.75. The van der Waals surface area contributed by atoms with Gasteiger partial charge < -0.3 is 9.88 Å². The lowest BCUT2D eigenvalue weighted by Gasteiger charge is -2.09. The molecule has 0 saturated heterocycles. The van der Waals surface area contributed by atoms with Crippen molar-refractivity contribution in [3.8, 4) is 0 Å². The minimum Gasteiger partial charge on any atom is -0.349 e. The molecule has 1 aromatic carbocycles. The highest BCUT2D eigenvalue weighted by molar-refractivity contribution is 6.06. The first kappa shape index (κ1) is 11.0. The van der Waals surface area contributed by atoms with Crippen molar-refractivity contribution < 1.29 is 4.79 Å². The van der Waals surface area contributed by atoms with Crippen LogP contribution in [0, 0.1) is 0 Å². The normalized spacial score (nSPS) is 14.7. The summed E-state index contributed by atoms with van der Waals surface area (Å²) in [6.07, 6.45) is 3.72. The molecule has 0 radical (unpaired) electrons. The minimum atomic E-state index is -0.0932. The summed E-state index contributed by atoms with van der Waals surface area (Å²) in [5.74, 6) is -0.0932. The van der Waals surface area contributed by atoms with Crippen LogP contribution in [0.2, 0.25) is 0 Å². The van der Waals surface area contributed by atoms with E-state index in [1.165, 1.54) is 4.57 Å². The molecule has 1 fully saturated rings. The van der Waals surface area contributed by atoms with Gasteiger partial charge in [-0.25, -0.2) is 0 Å². The zero-order valence-electron chi connectivity index (χ0n) is 10.1. The average Bonchev–Trinajstić information content (AvgIpc) is 3.17. The van der Waals surface area contributed by atoms with E-state index in [9.17, 15) is 9.59 Å². The third-order valence-electron chi connectivity index (χ3n) is 3.25. The molecule has 1 amide bonds. The largest absolute Gasteiger partial charge is 0.349 e. The number of amides is 1. The van der Waals surface area contributed by atoms with Gasteiger partial charge in [-0.05, 0) is 18.9 Å². The number of aryl methyl sites for hydroxylation is 1. The summed E-state index contributed by atoms with van der Waals surface area (Å²) >= 11 is 0. The summed E-state index contributed by atoms with van der Waals surface area (Å²) < 4.78 is 1.46. The highest BCUT2D eigenvalue weighted by Gasteiger charge is 2.24. The SMILES string of the molecule is Cn1cc(C(=O)NC2CC2)c2ccccc2c1=O. The minimum absolute atomic E-state index is 0.0754. The highest BCUT2D eigenvalue weighted by Crippen LogP contribution is 2.21. The summed E-state index contributed by atoms with van der Waals surface area (Å²) in [7, 11) is 1.67. The number of hydrogen-bond acceptors (Lipinski definition) is 2. The van der Waals surface area contributed by atoms with E-state index < -0.39 is 0 Å². The fourth-order valence-electron chi connectivity index (χ4n) is 2.09. The fraction of sp³-hybridized carbons (Fsp3) is 0.286. The summed E-state index contributed by atoms with van der Waals surface area (Å²) in [5.41, 5.74) is 0.494. The van der Waals surface area contributed by atoms with E-state index in [-0.39, 0.29) is 11.5 Å². The van der Waals surface area contributed by atoms with Gasteiger partial charge in [-0.1, -0.05) is 18.2 Å². The molecular weight excluding hydrogens is 228 g/mol. The van der Waals surface area contributed by atoms with Crippen LogP contribution < -0.4 is 10.9 Å². The van der Waals surface area contributed by atoms with Crippen molar-refractivity contribution in [1.82, 2.24) is 9.88 Å². The van der Waals surface area contributed by atoms with Crippen LogP contribution in [0.4, 0.5) is 0 Å². The zero-order chi connectivity index (χ0) is 12.7. The van der Waals surface area contributed by atoms with Crippen LogP contribution in [0.25, 0.3) is 10.8 Å². The van der Waals surface area contributed by atoms with Gasteiger partial charge in [0.05, 0.1) is 5.56 Å². The Labute approximate surface area is 104 Å². The maximum atomic E-state index is 12.1. The lowest BCUT2D eigenvalue weighted by Crippen LogP contribution is -2.28. The number of benzene rings is 1. The van der Waals surface area contributed by atoms with Crippen LogP contribution in [-0.2, 0) is 7.05 Å². The van der Waals surface area contributed by atoms with Crippen LogP contribution in [0.1, 0.15) is 23.2 Å². The van der Waals surface area contributed by atoms with Gasteiger partial charge in [-0.15, -0.1) is 0 Å². The van der Waals surface area contributed by atoms with Gasteiger partial charge in [0.25, 0.3) is 11.5 Å². The number of hydrogen-bond donors (Lipinski definition) is 1. The van der Waals surface area contributed by atoms with Crippen molar-refractivity contribution in [3.63, 3.8) is 0 Å². The third kappa shape index (κ3) is 1.79.